The van der Waals surface area contributed by atoms with Gasteiger partial charge in [-0.1, -0.05) is 43.0 Å². The molecule has 2 aromatic heterocycles. The topological polar surface area (TPSA) is 57.0 Å². The number of ether oxygens (including phenoxy) is 1. The van der Waals surface area contributed by atoms with E-state index in [2.05, 4.69) is 20.4 Å². The number of hydrogen-bond acceptors (Lipinski definition) is 5. The number of pyridine rings is 1. The molecule has 0 unspecified atom stereocenters. The minimum atomic E-state index is -0.215. The van der Waals surface area contributed by atoms with Gasteiger partial charge >= 0.3 is 0 Å². The average molecular weight is 394 g/mol. The average Bonchev–Trinajstić information content (AvgIpc) is 2.72. The Morgan fingerprint density at radius 1 is 1.32 bits per heavy atom. The summed E-state index contributed by atoms with van der Waals surface area (Å²) in [6.07, 6.45) is 3.45. The third-order valence-corrected chi connectivity index (χ3v) is 6.14. The molecule has 0 saturated carbocycles. The van der Waals surface area contributed by atoms with Crippen LogP contribution in [0, 0.1) is 0 Å². The molecule has 1 aliphatic heterocycles. The van der Waals surface area contributed by atoms with Crippen molar-refractivity contribution in [2.45, 2.75) is 44.1 Å². The third-order valence-electron chi connectivity index (χ3n) is 5.21. The van der Waals surface area contributed by atoms with Gasteiger partial charge in [-0.25, -0.2) is 9.97 Å². The van der Waals surface area contributed by atoms with Crippen LogP contribution in [0.25, 0.3) is 16.7 Å². The molecule has 3 heterocycles. The minimum Gasteiger partial charge on any atom is -0.370 e. The number of thioether (sulfide) groups is 1. The highest BCUT2D eigenvalue weighted by atomic mass is 32.2. The van der Waals surface area contributed by atoms with Gasteiger partial charge < -0.3 is 4.74 Å². The molecule has 28 heavy (non-hydrogen) atoms. The van der Waals surface area contributed by atoms with Crippen LogP contribution in [0.2, 0.25) is 0 Å². The van der Waals surface area contributed by atoms with E-state index in [0.29, 0.717) is 28.5 Å². The molecule has 6 heteroatoms. The van der Waals surface area contributed by atoms with Gasteiger partial charge in [0.1, 0.15) is 0 Å². The zero-order chi connectivity index (χ0) is 19.7. The second-order valence-corrected chi connectivity index (χ2v) is 8.19. The number of nitrogens with zero attached hydrogens (tertiary/aromatic N) is 3. The molecule has 0 aliphatic carbocycles. The molecule has 0 radical (unpaired) electrons. The van der Waals surface area contributed by atoms with Gasteiger partial charge in [0, 0.05) is 17.7 Å². The van der Waals surface area contributed by atoms with Gasteiger partial charge in [-0.05, 0) is 31.5 Å². The van der Waals surface area contributed by atoms with Crippen LogP contribution in [-0.4, -0.2) is 25.9 Å². The van der Waals surface area contributed by atoms with E-state index in [4.69, 9.17) is 14.7 Å². The van der Waals surface area contributed by atoms with Gasteiger partial charge in [-0.3, -0.25) is 9.36 Å². The van der Waals surface area contributed by atoms with Gasteiger partial charge in [0.2, 0.25) is 0 Å². The van der Waals surface area contributed by atoms with Crippen molar-refractivity contribution < 1.29 is 4.74 Å². The van der Waals surface area contributed by atoms with Crippen molar-refractivity contribution in [3.8, 4) is 5.69 Å². The standard InChI is InChI=1S/C22H23N3O2S/c1-4-11-28-21-24-19-17(20(26)25(21)16-9-7-6-8-10-16)12-15-14-27-22(3,5-2)13-18(15)23-19/h4,6-10,12H,1,5,11,13-14H2,2-3H3/t22-/m1/s1. The van der Waals surface area contributed by atoms with E-state index in [9.17, 15) is 4.79 Å². The molecule has 0 amide bonds. The highest BCUT2D eigenvalue weighted by Gasteiger charge is 2.31. The summed E-state index contributed by atoms with van der Waals surface area (Å²) >= 11 is 1.48. The Hall–Kier alpha value is -2.44. The second-order valence-electron chi connectivity index (χ2n) is 7.20. The van der Waals surface area contributed by atoms with E-state index in [0.717, 1.165) is 29.8 Å². The van der Waals surface area contributed by atoms with Crippen LogP contribution >= 0.6 is 11.8 Å². The van der Waals surface area contributed by atoms with Gasteiger partial charge in [-0.2, -0.15) is 0 Å². The molecule has 1 aromatic carbocycles. The van der Waals surface area contributed by atoms with Crippen LogP contribution in [0.4, 0.5) is 0 Å². The van der Waals surface area contributed by atoms with Crippen molar-refractivity contribution in [1.29, 1.82) is 0 Å². The van der Waals surface area contributed by atoms with Gasteiger partial charge in [0.25, 0.3) is 5.56 Å². The van der Waals surface area contributed by atoms with Crippen molar-refractivity contribution in [2.24, 2.45) is 0 Å². The van der Waals surface area contributed by atoms with Crippen LogP contribution in [0.1, 0.15) is 31.5 Å². The molecule has 0 bridgehead atoms. The summed E-state index contributed by atoms with van der Waals surface area (Å²) in [7, 11) is 0. The van der Waals surface area contributed by atoms with Crippen LogP contribution < -0.4 is 5.56 Å². The molecular formula is C22H23N3O2S. The maximum atomic E-state index is 13.4. The highest BCUT2D eigenvalue weighted by molar-refractivity contribution is 7.99. The summed E-state index contributed by atoms with van der Waals surface area (Å²) in [5.41, 5.74) is 2.92. The molecule has 1 atom stereocenters. The first-order chi connectivity index (χ1) is 13.5. The van der Waals surface area contributed by atoms with Gasteiger partial charge in [0.05, 0.1) is 29.0 Å². The minimum absolute atomic E-state index is 0.109. The number of rotatable bonds is 5. The number of fused-ring (bicyclic) bond motifs is 2. The molecule has 1 aliphatic rings. The van der Waals surface area contributed by atoms with E-state index in [1.165, 1.54) is 11.8 Å². The molecule has 4 rings (SSSR count). The number of hydrogen-bond donors (Lipinski definition) is 0. The summed E-state index contributed by atoms with van der Waals surface area (Å²) in [6, 6.07) is 11.5. The first kappa shape index (κ1) is 18.9. The maximum absolute atomic E-state index is 13.4. The first-order valence-electron chi connectivity index (χ1n) is 9.43. The molecule has 0 spiro atoms. The molecule has 0 saturated heterocycles. The predicted molar refractivity (Wildman–Crippen MR) is 113 cm³/mol. The SMILES string of the molecule is C=CCSc1nc2nc3c(cc2c(=O)n1-c1ccccc1)CO[C@](C)(CC)C3. The Morgan fingerprint density at radius 3 is 2.82 bits per heavy atom. The Bertz CT molecular complexity index is 1090. The second kappa shape index (κ2) is 7.53. The van der Waals surface area contributed by atoms with Crippen LogP contribution in [0.3, 0.4) is 0 Å². The Morgan fingerprint density at radius 2 is 2.11 bits per heavy atom. The van der Waals surface area contributed by atoms with Crippen LogP contribution in [0.5, 0.6) is 0 Å². The molecule has 5 nitrogen and oxygen atoms in total. The van der Waals surface area contributed by atoms with Crippen molar-refractivity contribution in [3.63, 3.8) is 0 Å². The Labute approximate surface area is 168 Å². The van der Waals surface area contributed by atoms with Gasteiger partial charge in [0.15, 0.2) is 10.8 Å². The highest BCUT2D eigenvalue weighted by Crippen LogP contribution is 2.31. The Kier molecular flexibility index (Phi) is 5.08. The summed E-state index contributed by atoms with van der Waals surface area (Å²) in [4.78, 5) is 22.9. The quantitative estimate of drug-likeness (QED) is 0.367. The molecular weight excluding hydrogens is 370 g/mol. The van der Waals surface area contributed by atoms with E-state index >= 15 is 0 Å². The fourth-order valence-electron chi connectivity index (χ4n) is 3.37. The smallest absolute Gasteiger partial charge is 0.268 e. The van der Waals surface area contributed by atoms with Crippen molar-refractivity contribution in [1.82, 2.24) is 14.5 Å². The van der Waals surface area contributed by atoms with Crippen molar-refractivity contribution >= 4 is 22.8 Å². The predicted octanol–water partition coefficient (Wildman–Crippen LogP) is 4.30. The fraction of sp³-hybridized carbons (Fsp3) is 0.318. The third kappa shape index (κ3) is 3.38. The molecule has 3 aromatic rings. The number of para-hydroxylation sites is 1. The number of benzene rings is 1. The zero-order valence-corrected chi connectivity index (χ0v) is 17.0. The summed E-state index contributed by atoms with van der Waals surface area (Å²) in [5, 5.41) is 1.15. The van der Waals surface area contributed by atoms with Crippen molar-refractivity contribution in [2.75, 3.05) is 5.75 Å². The lowest BCUT2D eigenvalue weighted by atomic mass is 9.91. The van der Waals surface area contributed by atoms with E-state index < -0.39 is 0 Å². The van der Waals surface area contributed by atoms with Crippen molar-refractivity contribution in [3.05, 3.63) is 70.7 Å². The normalized spacial score (nSPS) is 18.8. The molecule has 144 valence electrons. The van der Waals surface area contributed by atoms with E-state index in [1.54, 1.807) is 10.6 Å². The van der Waals surface area contributed by atoms with Crippen LogP contribution in [-0.2, 0) is 17.8 Å². The molecule has 0 N–H and O–H groups in total. The molecule has 0 fully saturated rings. The first-order valence-corrected chi connectivity index (χ1v) is 10.4. The summed E-state index contributed by atoms with van der Waals surface area (Å²) in [5.74, 6) is 0.664. The Balaban J connectivity index is 1.93. The summed E-state index contributed by atoms with van der Waals surface area (Å²) < 4.78 is 7.69. The lowest BCUT2D eigenvalue weighted by Gasteiger charge is -2.33. The van der Waals surface area contributed by atoms with Crippen LogP contribution in [0.15, 0.2) is 59.0 Å². The summed E-state index contributed by atoms with van der Waals surface area (Å²) in [6.45, 7) is 8.48. The van der Waals surface area contributed by atoms with Gasteiger partial charge in [-0.15, -0.1) is 6.58 Å². The largest absolute Gasteiger partial charge is 0.370 e. The number of aromatic nitrogens is 3. The van der Waals surface area contributed by atoms with E-state index in [-0.39, 0.29) is 11.2 Å². The van der Waals surface area contributed by atoms with E-state index in [1.807, 2.05) is 36.4 Å². The fourth-order valence-corrected chi connectivity index (χ4v) is 4.11. The monoisotopic (exact) mass is 393 g/mol. The maximum Gasteiger partial charge on any atom is 0.268 e. The lowest BCUT2D eigenvalue weighted by molar-refractivity contribution is -0.0573. The lowest BCUT2D eigenvalue weighted by Crippen LogP contribution is -2.35. The zero-order valence-electron chi connectivity index (χ0n) is 16.1.